The molecule has 0 unspecified atom stereocenters. The summed E-state index contributed by atoms with van der Waals surface area (Å²) in [6.45, 7) is 5.38. The van der Waals surface area contributed by atoms with Crippen LogP contribution in [0.25, 0.3) is 0 Å². The van der Waals surface area contributed by atoms with Crippen LogP contribution < -0.4 is 10.6 Å². The van der Waals surface area contributed by atoms with Gasteiger partial charge in [0.2, 0.25) is 11.8 Å². The van der Waals surface area contributed by atoms with Crippen molar-refractivity contribution in [2.75, 3.05) is 16.4 Å². The van der Waals surface area contributed by atoms with Crippen molar-refractivity contribution in [3.05, 3.63) is 47.5 Å². The van der Waals surface area contributed by atoms with Gasteiger partial charge in [-0.15, -0.1) is 11.8 Å². The molecule has 0 spiro atoms. The molecule has 2 aromatic carbocycles. The summed E-state index contributed by atoms with van der Waals surface area (Å²) < 4.78 is 25.8. The first kappa shape index (κ1) is 20.4. The van der Waals surface area contributed by atoms with Gasteiger partial charge in [0.05, 0.1) is 21.6 Å². The molecule has 1 aliphatic heterocycles. The third kappa shape index (κ3) is 4.23. The number of carbonyl (C=O) groups is 2. The lowest BCUT2D eigenvalue weighted by Gasteiger charge is -2.19. The van der Waals surface area contributed by atoms with Crippen molar-refractivity contribution in [3.63, 3.8) is 0 Å². The summed E-state index contributed by atoms with van der Waals surface area (Å²) in [6.07, 6.45) is -0.159. The summed E-state index contributed by atoms with van der Waals surface area (Å²) in [7, 11) is -3.72. The van der Waals surface area contributed by atoms with Gasteiger partial charge in [0, 0.05) is 17.0 Å². The van der Waals surface area contributed by atoms with Crippen LogP contribution in [0.4, 0.5) is 11.4 Å². The summed E-state index contributed by atoms with van der Waals surface area (Å²) in [6, 6.07) is 10.3. The largest absolute Gasteiger partial charge is 0.326 e. The van der Waals surface area contributed by atoms with Gasteiger partial charge < -0.3 is 10.6 Å². The van der Waals surface area contributed by atoms with Crippen molar-refractivity contribution in [1.82, 2.24) is 0 Å². The Morgan fingerprint density at radius 1 is 1.25 bits per heavy atom. The van der Waals surface area contributed by atoms with Gasteiger partial charge in [-0.1, -0.05) is 12.1 Å². The third-order valence-corrected chi connectivity index (χ3v) is 8.00. The quantitative estimate of drug-likeness (QED) is 0.775. The highest BCUT2D eigenvalue weighted by atomic mass is 32.2. The minimum Gasteiger partial charge on any atom is -0.326 e. The van der Waals surface area contributed by atoms with E-state index >= 15 is 0 Å². The van der Waals surface area contributed by atoms with Crippen LogP contribution in [0.15, 0.2) is 46.2 Å². The van der Waals surface area contributed by atoms with E-state index in [0.717, 1.165) is 16.0 Å². The maximum Gasteiger partial charge on any atom is 0.234 e. The fourth-order valence-corrected chi connectivity index (χ4v) is 5.09. The van der Waals surface area contributed by atoms with Gasteiger partial charge >= 0.3 is 0 Å². The molecule has 2 amide bonds. The van der Waals surface area contributed by atoms with Crippen LogP contribution >= 0.6 is 11.8 Å². The van der Waals surface area contributed by atoms with E-state index in [9.17, 15) is 18.0 Å². The van der Waals surface area contributed by atoms with Crippen LogP contribution in [-0.2, 0) is 19.4 Å². The van der Waals surface area contributed by atoms with Gasteiger partial charge in [0.15, 0.2) is 9.84 Å². The van der Waals surface area contributed by atoms with E-state index in [-0.39, 0.29) is 23.1 Å². The number of thioether (sulfide) groups is 1. The Bertz CT molecular complexity index is 1050. The van der Waals surface area contributed by atoms with Crippen molar-refractivity contribution in [2.45, 2.75) is 42.2 Å². The molecule has 1 aliphatic rings. The number of hydrogen-bond donors (Lipinski definition) is 2. The lowest BCUT2D eigenvalue weighted by molar-refractivity contribution is -0.116. The average molecular weight is 419 g/mol. The molecule has 2 N–H and O–H groups in total. The normalized spacial score (nSPS) is 14.8. The van der Waals surface area contributed by atoms with E-state index in [1.807, 2.05) is 26.0 Å². The molecule has 6 nitrogen and oxygen atoms in total. The standard InChI is InChI=1S/C20H22N2O4S2/c1-12-5-4-6-16(14(12)3)21-19(23)9-13(2)28(25,26)15-7-8-18-17(10-15)22-20(24)11-27-18/h4-8,10,13H,9,11H2,1-3H3,(H,21,23)(H,22,24)/t13-/m0/s1. The van der Waals surface area contributed by atoms with E-state index in [4.69, 9.17) is 0 Å². The van der Waals surface area contributed by atoms with Crippen molar-refractivity contribution in [3.8, 4) is 0 Å². The first-order valence-corrected chi connectivity index (χ1v) is 11.4. The second-order valence-corrected chi connectivity index (χ2v) is 10.2. The van der Waals surface area contributed by atoms with Crippen LogP contribution in [0.3, 0.4) is 0 Å². The number of hydrogen-bond acceptors (Lipinski definition) is 5. The first-order chi connectivity index (χ1) is 13.2. The number of amides is 2. The Kier molecular flexibility index (Phi) is 5.81. The van der Waals surface area contributed by atoms with Crippen molar-refractivity contribution in [2.24, 2.45) is 0 Å². The van der Waals surface area contributed by atoms with Gasteiger partial charge in [0.1, 0.15) is 0 Å². The van der Waals surface area contributed by atoms with Crippen LogP contribution in [0.2, 0.25) is 0 Å². The second-order valence-electron chi connectivity index (χ2n) is 6.85. The highest BCUT2D eigenvalue weighted by Gasteiger charge is 2.27. The number of anilines is 2. The minimum atomic E-state index is -3.72. The Labute approximate surface area is 169 Å². The van der Waals surface area contributed by atoms with Gasteiger partial charge in [0.25, 0.3) is 0 Å². The van der Waals surface area contributed by atoms with E-state index in [1.165, 1.54) is 30.8 Å². The second kappa shape index (κ2) is 7.97. The molecular weight excluding hydrogens is 396 g/mol. The Balaban J connectivity index is 1.75. The molecule has 0 saturated heterocycles. The molecular formula is C20H22N2O4S2. The molecule has 0 aliphatic carbocycles. The molecule has 0 fully saturated rings. The smallest absolute Gasteiger partial charge is 0.234 e. The average Bonchev–Trinajstić information content (AvgIpc) is 2.64. The molecule has 0 aromatic heterocycles. The Morgan fingerprint density at radius 2 is 2.00 bits per heavy atom. The maximum atomic E-state index is 12.9. The van der Waals surface area contributed by atoms with E-state index in [1.54, 1.807) is 12.1 Å². The first-order valence-electron chi connectivity index (χ1n) is 8.85. The summed E-state index contributed by atoms with van der Waals surface area (Å²) in [5.74, 6) is -0.201. The predicted octanol–water partition coefficient (Wildman–Crippen LogP) is 3.54. The number of aryl methyl sites for hydroxylation is 1. The molecule has 2 aromatic rings. The SMILES string of the molecule is Cc1cccc(NC(=O)C[C@H](C)S(=O)(=O)c2ccc3c(c2)NC(=O)CS3)c1C. The number of fused-ring (bicyclic) bond motifs is 1. The number of benzene rings is 2. The highest BCUT2D eigenvalue weighted by molar-refractivity contribution is 8.00. The monoisotopic (exact) mass is 418 g/mol. The molecule has 1 heterocycles. The van der Waals surface area contributed by atoms with Crippen LogP contribution in [0.5, 0.6) is 0 Å². The molecule has 0 bridgehead atoms. The zero-order valence-electron chi connectivity index (χ0n) is 15.9. The lowest BCUT2D eigenvalue weighted by atomic mass is 10.1. The number of carbonyl (C=O) groups excluding carboxylic acids is 2. The summed E-state index contributed by atoms with van der Waals surface area (Å²) >= 11 is 1.37. The zero-order valence-corrected chi connectivity index (χ0v) is 17.5. The summed E-state index contributed by atoms with van der Waals surface area (Å²) in [5, 5.41) is 4.59. The van der Waals surface area contributed by atoms with Gasteiger partial charge in [-0.25, -0.2) is 8.42 Å². The number of sulfone groups is 1. The fourth-order valence-electron chi connectivity index (χ4n) is 2.93. The fraction of sp³-hybridized carbons (Fsp3) is 0.300. The topological polar surface area (TPSA) is 92.3 Å². The third-order valence-electron chi connectivity index (χ3n) is 4.79. The number of rotatable bonds is 5. The van der Waals surface area contributed by atoms with Gasteiger partial charge in [-0.3, -0.25) is 9.59 Å². The molecule has 3 rings (SSSR count). The molecule has 0 saturated carbocycles. The number of nitrogens with one attached hydrogen (secondary N) is 2. The zero-order chi connectivity index (χ0) is 20.5. The van der Waals surface area contributed by atoms with Gasteiger partial charge in [-0.2, -0.15) is 0 Å². The highest BCUT2D eigenvalue weighted by Crippen LogP contribution is 2.34. The molecule has 0 radical (unpaired) electrons. The van der Waals surface area contributed by atoms with Gasteiger partial charge in [-0.05, 0) is 56.2 Å². The molecule has 148 valence electrons. The Morgan fingerprint density at radius 3 is 2.75 bits per heavy atom. The molecule has 28 heavy (non-hydrogen) atoms. The van der Waals surface area contributed by atoms with Crippen LogP contribution in [0.1, 0.15) is 24.5 Å². The van der Waals surface area contributed by atoms with Crippen molar-refractivity contribution < 1.29 is 18.0 Å². The van der Waals surface area contributed by atoms with Crippen LogP contribution in [-0.4, -0.2) is 31.2 Å². The predicted molar refractivity (Wildman–Crippen MR) is 112 cm³/mol. The maximum absolute atomic E-state index is 12.9. The summed E-state index contributed by atoms with van der Waals surface area (Å²) in [5.41, 5.74) is 3.18. The van der Waals surface area contributed by atoms with E-state index < -0.39 is 15.1 Å². The molecule has 8 heteroatoms. The lowest BCUT2D eigenvalue weighted by Crippen LogP contribution is -2.26. The van der Waals surface area contributed by atoms with Crippen molar-refractivity contribution >= 4 is 44.8 Å². The van der Waals surface area contributed by atoms with Crippen molar-refractivity contribution in [1.29, 1.82) is 0 Å². The minimum absolute atomic E-state index is 0.0982. The van der Waals surface area contributed by atoms with E-state index in [0.29, 0.717) is 17.1 Å². The van der Waals surface area contributed by atoms with Crippen LogP contribution in [0, 0.1) is 13.8 Å². The van der Waals surface area contributed by atoms with E-state index in [2.05, 4.69) is 10.6 Å². The Hall–Kier alpha value is -2.32. The molecule has 1 atom stereocenters. The summed E-state index contributed by atoms with van der Waals surface area (Å²) in [4.78, 5) is 24.9.